The third kappa shape index (κ3) is 4.15. The Labute approximate surface area is 231 Å². The molecule has 8 nitrogen and oxygen atoms in total. The largest absolute Gasteiger partial charge is 0.496 e. The van der Waals surface area contributed by atoms with Crippen LogP contribution < -0.4 is 19.7 Å². The maximum absolute atomic E-state index is 14.1. The fourth-order valence-corrected chi connectivity index (χ4v) is 6.20. The standard InChI is InChI=1S/C30H29ClN2O6/c1-16-10-11-19(14-21(16)31)33-27(34)23-24(28(33)35)30(29(36)37,15-18-8-6-5-7-9-18)32-25(23)20-12-13-22(38-3)17(2)26(20)39-4/h5-14,23-25,32H,15H2,1-4H3,(H,36,37). The van der Waals surface area contributed by atoms with Crippen LogP contribution in [0.1, 0.15) is 28.3 Å². The SMILES string of the molecule is COc1ccc(C2NC(Cc3ccccc3)(C(=O)O)C3C(=O)N(c4ccc(C)c(Cl)c4)C(=O)C23)c(OC)c1C. The smallest absolute Gasteiger partial charge is 0.325 e. The average Bonchev–Trinajstić information content (AvgIpc) is 3.40. The fraction of sp³-hybridized carbons (Fsp3) is 0.300. The van der Waals surface area contributed by atoms with Gasteiger partial charge in [-0.2, -0.15) is 0 Å². The quantitative estimate of drug-likeness (QED) is 0.419. The second-order valence-electron chi connectivity index (χ2n) is 10.0. The third-order valence-electron chi connectivity index (χ3n) is 7.92. The lowest BCUT2D eigenvalue weighted by atomic mass is 9.76. The number of amides is 2. The van der Waals surface area contributed by atoms with Crippen molar-refractivity contribution in [2.75, 3.05) is 19.1 Å². The van der Waals surface area contributed by atoms with Gasteiger partial charge in [-0.3, -0.25) is 19.7 Å². The van der Waals surface area contributed by atoms with Crippen LogP contribution in [0, 0.1) is 25.7 Å². The second-order valence-corrected chi connectivity index (χ2v) is 10.4. The van der Waals surface area contributed by atoms with Crippen molar-refractivity contribution >= 4 is 35.1 Å². The van der Waals surface area contributed by atoms with E-state index in [1.165, 1.54) is 7.11 Å². The van der Waals surface area contributed by atoms with Crippen molar-refractivity contribution in [3.05, 3.63) is 87.9 Å². The molecule has 0 aromatic heterocycles. The van der Waals surface area contributed by atoms with E-state index in [2.05, 4.69) is 5.32 Å². The maximum Gasteiger partial charge on any atom is 0.325 e. The molecule has 4 atom stereocenters. The number of benzene rings is 3. The molecule has 39 heavy (non-hydrogen) atoms. The highest BCUT2D eigenvalue weighted by Crippen LogP contribution is 2.53. The molecule has 2 amide bonds. The molecular weight excluding hydrogens is 520 g/mol. The molecule has 2 heterocycles. The van der Waals surface area contributed by atoms with Crippen LogP contribution in [-0.4, -0.2) is 42.6 Å². The Morgan fingerprint density at radius 2 is 1.74 bits per heavy atom. The van der Waals surface area contributed by atoms with Crippen molar-refractivity contribution in [1.82, 2.24) is 5.32 Å². The summed E-state index contributed by atoms with van der Waals surface area (Å²) in [7, 11) is 3.05. The minimum atomic E-state index is -1.76. The number of imide groups is 1. The number of nitrogens with zero attached hydrogens (tertiary/aromatic N) is 1. The number of aryl methyl sites for hydroxylation is 1. The summed E-state index contributed by atoms with van der Waals surface area (Å²) < 4.78 is 11.2. The zero-order chi connectivity index (χ0) is 28.1. The number of methoxy groups -OCH3 is 2. The molecular formula is C30H29ClN2O6. The highest BCUT2D eigenvalue weighted by molar-refractivity contribution is 6.32. The van der Waals surface area contributed by atoms with Crippen LogP contribution in [0.25, 0.3) is 0 Å². The van der Waals surface area contributed by atoms with E-state index >= 15 is 0 Å². The van der Waals surface area contributed by atoms with Gasteiger partial charge in [0.25, 0.3) is 0 Å². The Morgan fingerprint density at radius 3 is 2.36 bits per heavy atom. The Balaban J connectivity index is 1.71. The lowest BCUT2D eigenvalue weighted by Crippen LogP contribution is -2.57. The fourth-order valence-electron chi connectivity index (χ4n) is 6.03. The van der Waals surface area contributed by atoms with Gasteiger partial charge in [-0.05, 0) is 43.2 Å². The van der Waals surface area contributed by atoms with Crippen molar-refractivity contribution in [3.63, 3.8) is 0 Å². The summed E-state index contributed by atoms with van der Waals surface area (Å²) in [4.78, 5) is 42.5. The monoisotopic (exact) mass is 548 g/mol. The van der Waals surface area contributed by atoms with Crippen LogP contribution in [0.15, 0.2) is 60.7 Å². The van der Waals surface area contributed by atoms with Crippen molar-refractivity contribution in [2.45, 2.75) is 31.8 Å². The predicted molar refractivity (Wildman–Crippen MR) is 146 cm³/mol. The summed E-state index contributed by atoms with van der Waals surface area (Å²) in [6, 6.07) is 16.7. The second kappa shape index (κ2) is 10.0. The Morgan fingerprint density at radius 1 is 1.03 bits per heavy atom. The normalized spacial score (nSPS) is 24.1. The van der Waals surface area contributed by atoms with Gasteiger partial charge in [-0.15, -0.1) is 0 Å². The third-order valence-corrected chi connectivity index (χ3v) is 8.33. The lowest BCUT2D eigenvalue weighted by molar-refractivity contribution is -0.148. The number of carboxylic acid groups (broad SMARTS) is 1. The molecule has 0 aliphatic carbocycles. The van der Waals surface area contributed by atoms with E-state index in [4.69, 9.17) is 21.1 Å². The van der Waals surface area contributed by atoms with Gasteiger partial charge in [0.15, 0.2) is 0 Å². The van der Waals surface area contributed by atoms with Gasteiger partial charge in [0.05, 0.1) is 31.7 Å². The molecule has 0 bridgehead atoms. The molecule has 3 aromatic carbocycles. The molecule has 0 saturated carbocycles. The summed E-state index contributed by atoms with van der Waals surface area (Å²) in [5.41, 5.74) is 1.34. The first-order chi connectivity index (χ1) is 18.6. The zero-order valence-corrected chi connectivity index (χ0v) is 22.8. The topological polar surface area (TPSA) is 105 Å². The Kier molecular flexibility index (Phi) is 6.86. The Hall–Kier alpha value is -3.88. The maximum atomic E-state index is 14.1. The van der Waals surface area contributed by atoms with Gasteiger partial charge in [0.1, 0.15) is 17.0 Å². The highest BCUT2D eigenvalue weighted by atomic mass is 35.5. The molecule has 2 N–H and O–H groups in total. The summed E-state index contributed by atoms with van der Waals surface area (Å²) in [6.07, 6.45) is -0.000192. The minimum Gasteiger partial charge on any atom is -0.496 e. The highest BCUT2D eigenvalue weighted by Gasteiger charge is 2.69. The average molecular weight is 549 g/mol. The summed E-state index contributed by atoms with van der Waals surface area (Å²) in [5, 5.41) is 14.4. The van der Waals surface area contributed by atoms with Gasteiger partial charge in [0, 0.05) is 28.6 Å². The van der Waals surface area contributed by atoms with Crippen molar-refractivity contribution in [3.8, 4) is 11.5 Å². The van der Waals surface area contributed by atoms with Crippen LogP contribution in [0.3, 0.4) is 0 Å². The number of hydrogen-bond acceptors (Lipinski definition) is 6. The summed E-state index contributed by atoms with van der Waals surface area (Å²) >= 11 is 6.35. The van der Waals surface area contributed by atoms with Gasteiger partial charge in [0.2, 0.25) is 11.8 Å². The number of carboxylic acids is 1. The molecule has 0 spiro atoms. The van der Waals surface area contributed by atoms with Crippen LogP contribution in [-0.2, 0) is 20.8 Å². The van der Waals surface area contributed by atoms with Crippen LogP contribution in [0.5, 0.6) is 11.5 Å². The van der Waals surface area contributed by atoms with Gasteiger partial charge >= 0.3 is 5.97 Å². The van der Waals surface area contributed by atoms with E-state index in [1.54, 1.807) is 37.4 Å². The van der Waals surface area contributed by atoms with E-state index in [9.17, 15) is 19.5 Å². The first kappa shape index (κ1) is 26.7. The predicted octanol–water partition coefficient (Wildman–Crippen LogP) is 4.49. The number of nitrogens with one attached hydrogen (secondary N) is 1. The molecule has 2 aliphatic rings. The molecule has 9 heteroatoms. The molecule has 2 fully saturated rings. The molecule has 0 radical (unpaired) electrons. The first-order valence-corrected chi connectivity index (χ1v) is 12.9. The number of anilines is 1. The van der Waals surface area contributed by atoms with Crippen LogP contribution in [0.2, 0.25) is 5.02 Å². The number of carbonyl (C=O) groups excluding carboxylic acids is 2. The van der Waals surface area contributed by atoms with Gasteiger partial charge in [-0.1, -0.05) is 54.1 Å². The molecule has 5 rings (SSSR count). The first-order valence-electron chi connectivity index (χ1n) is 12.5. The molecule has 202 valence electrons. The molecule has 4 unspecified atom stereocenters. The summed E-state index contributed by atoms with van der Waals surface area (Å²) in [5.74, 6) is -3.42. The number of carbonyl (C=O) groups is 3. The molecule has 2 saturated heterocycles. The van der Waals surface area contributed by atoms with Crippen LogP contribution in [0.4, 0.5) is 5.69 Å². The van der Waals surface area contributed by atoms with Crippen molar-refractivity contribution in [2.24, 2.45) is 11.8 Å². The number of ether oxygens (including phenoxy) is 2. The Bertz CT molecular complexity index is 1480. The number of halogens is 1. The van der Waals surface area contributed by atoms with Crippen LogP contribution >= 0.6 is 11.6 Å². The number of rotatable bonds is 7. The molecule has 2 aliphatic heterocycles. The number of hydrogen-bond donors (Lipinski definition) is 2. The molecule has 3 aromatic rings. The number of fused-ring (bicyclic) bond motifs is 1. The van der Waals surface area contributed by atoms with E-state index in [0.717, 1.165) is 16.0 Å². The van der Waals surface area contributed by atoms with E-state index in [-0.39, 0.29) is 6.42 Å². The van der Waals surface area contributed by atoms with Gasteiger partial charge in [-0.25, -0.2) is 4.90 Å². The van der Waals surface area contributed by atoms with E-state index < -0.39 is 41.2 Å². The van der Waals surface area contributed by atoms with Crippen molar-refractivity contribution < 1.29 is 29.0 Å². The van der Waals surface area contributed by atoms with Crippen molar-refractivity contribution in [1.29, 1.82) is 0 Å². The van der Waals surface area contributed by atoms with Gasteiger partial charge < -0.3 is 14.6 Å². The number of aliphatic carboxylic acids is 1. The van der Waals surface area contributed by atoms with E-state index in [0.29, 0.717) is 33.3 Å². The van der Waals surface area contributed by atoms with E-state index in [1.807, 2.05) is 44.2 Å². The zero-order valence-electron chi connectivity index (χ0n) is 22.0. The summed E-state index contributed by atoms with van der Waals surface area (Å²) in [6.45, 7) is 3.65. The lowest BCUT2D eigenvalue weighted by Gasteiger charge is -2.31. The minimum absolute atomic E-state index is 0.000192.